The Balaban J connectivity index is 1.72. The van der Waals surface area contributed by atoms with Gasteiger partial charge in [0.2, 0.25) is 0 Å². The molecule has 2 heterocycles. The second-order valence-corrected chi connectivity index (χ2v) is 13.9. The lowest BCUT2D eigenvalue weighted by molar-refractivity contribution is -0.137. The van der Waals surface area contributed by atoms with E-state index < -0.39 is 14.3 Å². The van der Waals surface area contributed by atoms with Gasteiger partial charge in [0.05, 0.1) is 49.9 Å². The molecular formula is C26H31N5O5Si. The van der Waals surface area contributed by atoms with Crippen LogP contribution in [0.15, 0.2) is 55.0 Å². The van der Waals surface area contributed by atoms with E-state index in [1.165, 1.54) is 4.68 Å². The number of fused-ring (bicyclic) bond motifs is 1. The fourth-order valence-electron chi connectivity index (χ4n) is 3.83. The molecule has 37 heavy (non-hydrogen) atoms. The number of benzene rings is 2. The van der Waals surface area contributed by atoms with E-state index in [4.69, 9.17) is 24.0 Å². The van der Waals surface area contributed by atoms with Crippen molar-refractivity contribution >= 4 is 36.7 Å². The Bertz CT molecular complexity index is 1380. The predicted molar refractivity (Wildman–Crippen MR) is 144 cm³/mol. The lowest BCUT2D eigenvalue weighted by atomic mass is 10.2. The lowest BCUT2D eigenvalue weighted by Gasteiger charge is -2.28. The fraction of sp³-hybridized carbons (Fsp3) is 0.308. The summed E-state index contributed by atoms with van der Waals surface area (Å²) in [4.78, 5) is 22.5. The Morgan fingerprint density at radius 1 is 1.00 bits per heavy atom. The van der Waals surface area contributed by atoms with Crippen LogP contribution >= 0.6 is 0 Å². The number of aromatic nitrogens is 4. The van der Waals surface area contributed by atoms with Gasteiger partial charge in [-0.2, -0.15) is 5.10 Å². The molecular weight excluding hydrogens is 490 g/mol. The molecule has 10 nitrogen and oxygen atoms in total. The van der Waals surface area contributed by atoms with Crippen LogP contribution in [0.5, 0.6) is 11.5 Å². The molecule has 0 saturated carbocycles. The van der Waals surface area contributed by atoms with Crippen molar-refractivity contribution in [2.24, 2.45) is 0 Å². The summed E-state index contributed by atoms with van der Waals surface area (Å²) >= 11 is 0. The molecule has 0 fully saturated rings. The Labute approximate surface area is 216 Å². The number of methoxy groups -OCH3 is 2. The van der Waals surface area contributed by atoms with Crippen LogP contribution in [0.2, 0.25) is 19.6 Å². The minimum Gasteiger partial charge on any atom is -0.497 e. The van der Waals surface area contributed by atoms with Gasteiger partial charge in [0, 0.05) is 47.9 Å². The molecule has 0 saturated heterocycles. The number of carbonyl (C=O) groups is 1. The monoisotopic (exact) mass is 521 g/mol. The summed E-state index contributed by atoms with van der Waals surface area (Å²) in [5, 5.41) is 13.1. The quantitative estimate of drug-likeness (QED) is 0.283. The van der Waals surface area contributed by atoms with Gasteiger partial charge in [0.1, 0.15) is 18.0 Å². The molecule has 2 aromatic carbocycles. The SMILES string of the molecule is COc1cc(OC)cc(N(CCO[Si](C)(C)C)c2ccc3ncc(-c4cnn(CC(=O)O)c4)nc3c2)c1. The van der Waals surface area contributed by atoms with Crippen molar-refractivity contribution in [3.05, 3.63) is 55.0 Å². The van der Waals surface area contributed by atoms with E-state index in [0.717, 1.165) is 16.9 Å². The third-order valence-corrected chi connectivity index (χ3v) is 6.63. The molecule has 0 spiro atoms. The summed E-state index contributed by atoms with van der Waals surface area (Å²) in [6.07, 6.45) is 4.90. The third kappa shape index (κ3) is 6.63. The molecule has 0 aliphatic heterocycles. The van der Waals surface area contributed by atoms with E-state index in [1.54, 1.807) is 32.8 Å². The lowest BCUT2D eigenvalue weighted by Crippen LogP contribution is -2.31. The zero-order valence-corrected chi connectivity index (χ0v) is 22.6. The number of rotatable bonds is 11. The highest BCUT2D eigenvalue weighted by molar-refractivity contribution is 6.69. The minimum absolute atomic E-state index is 0.219. The number of ether oxygens (including phenoxy) is 2. The molecule has 0 atom stereocenters. The highest BCUT2D eigenvalue weighted by atomic mass is 28.4. The molecule has 11 heteroatoms. The first-order valence-electron chi connectivity index (χ1n) is 11.8. The largest absolute Gasteiger partial charge is 0.497 e. The summed E-state index contributed by atoms with van der Waals surface area (Å²) < 4.78 is 18.5. The standard InChI is InChI=1S/C26H31N5O5Si/c1-34-21-10-20(11-22(13-21)35-2)31(8-9-36-37(3,4)5)19-6-7-23-24(12-19)29-25(15-27-23)18-14-28-30(16-18)17-26(32)33/h6-7,10-16H,8-9,17H2,1-5H3,(H,32,33). The maximum Gasteiger partial charge on any atom is 0.325 e. The molecule has 0 aliphatic carbocycles. The average molecular weight is 522 g/mol. The van der Waals surface area contributed by atoms with E-state index in [0.29, 0.717) is 41.4 Å². The van der Waals surface area contributed by atoms with Gasteiger partial charge in [0.25, 0.3) is 0 Å². The topological polar surface area (TPSA) is 112 Å². The summed E-state index contributed by atoms with van der Waals surface area (Å²) in [6.45, 7) is 7.44. The molecule has 0 aliphatic rings. The van der Waals surface area contributed by atoms with Gasteiger partial charge < -0.3 is 23.9 Å². The summed E-state index contributed by atoms with van der Waals surface area (Å²) in [5.74, 6) is 0.412. The zero-order valence-electron chi connectivity index (χ0n) is 21.6. The fourth-order valence-corrected chi connectivity index (χ4v) is 4.53. The molecule has 4 rings (SSSR count). The van der Waals surface area contributed by atoms with Crippen molar-refractivity contribution in [1.29, 1.82) is 0 Å². The van der Waals surface area contributed by atoms with E-state index in [-0.39, 0.29) is 6.54 Å². The number of carboxylic acids is 1. The highest BCUT2D eigenvalue weighted by Gasteiger charge is 2.18. The van der Waals surface area contributed by atoms with Crippen LogP contribution in [0, 0.1) is 0 Å². The average Bonchev–Trinajstić information content (AvgIpc) is 3.32. The third-order valence-electron chi connectivity index (χ3n) is 5.56. The first kappa shape index (κ1) is 26.1. The first-order chi connectivity index (χ1) is 17.6. The summed E-state index contributed by atoms with van der Waals surface area (Å²) in [5.41, 5.74) is 4.56. The first-order valence-corrected chi connectivity index (χ1v) is 15.2. The van der Waals surface area contributed by atoms with Gasteiger partial charge in [-0.05, 0) is 37.8 Å². The van der Waals surface area contributed by atoms with Crippen LogP contribution in [0.1, 0.15) is 0 Å². The van der Waals surface area contributed by atoms with Gasteiger partial charge in [-0.15, -0.1) is 0 Å². The smallest absolute Gasteiger partial charge is 0.325 e. The van der Waals surface area contributed by atoms with E-state index in [1.807, 2.05) is 36.4 Å². The molecule has 0 radical (unpaired) electrons. The second-order valence-electron chi connectivity index (χ2n) is 9.43. The van der Waals surface area contributed by atoms with Gasteiger partial charge in [-0.3, -0.25) is 14.5 Å². The normalized spacial score (nSPS) is 11.5. The van der Waals surface area contributed by atoms with E-state index >= 15 is 0 Å². The number of hydrogen-bond acceptors (Lipinski definition) is 8. The van der Waals surface area contributed by atoms with Crippen molar-refractivity contribution in [3.63, 3.8) is 0 Å². The van der Waals surface area contributed by atoms with Crippen LogP contribution in [-0.2, 0) is 15.8 Å². The van der Waals surface area contributed by atoms with Gasteiger partial charge in [-0.1, -0.05) is 0 Å². The van der Waals surface area contributed by atoms with Gasteiger partial charge >= 0.3 is 5.97 Å². The Hall–Kier alpha value is -3.96. The maximum absolute atomic E-state index is 11.0. The second kappa shape index (κ2) is 11.0. The van der Waals surface area contributed by atoms with Crippen molar-refractivity contribution in [1.82, 2.24) is 19.7 Å². The summed E-state index contributed by atoms with van der Waals surface area (Å²) in [6, 6.07) is 11.7. The minimum atomic E-state index is -1.70. The van der Waals surface area contributed by atoms with Crippen molar-refractivity contribution < 1.29 is 23.8 Å². The van der Waals surface area contributed by atoms with Crippen LogP contribution in [0.3, 0.4) is 0 Å². The van der Waals surface area contributed by atoms with Crippen LogP contribution in [-0.4, -0.2) is 66.5 Å². The number of carboxylic acid groups (broad SMARTS) is 1. The predicted octanol–water partition coefficient (Wildman–Crippen LogP) is 4.58. The van der Waals surface area contributed by atoms with Crippen LogP contribution in [0.25, 0.3) is 22.3 Å². The molecule has 1 N–H and O–H groups in total. The van der Waals surface area contributed by atoms with E-state index in [9.17, 15) is 4.79 Å². The van der Waals surface area contributed by atoms with Crippen molar-refractivity contribution in [3.8, 4) is 22.8 Å². The number of nitrogens with zero attached hydrogens (tertiary/aromatic N) is 5. The van der Waals surface area contributed by atoms with Crippen molar-refractivity contribution in [2.75, 3.05) is 32.3 Å². The van der Waals surface area contributed by atoms with E-state index in [2.05, 4.69) is 34.6 Å². The maximum atomic E-state index is 11.0. The van der Waals surface area contributed by atoms with Gasteiger partial charge in [-0.25, -0.2) is 4.98 Å². The zero-order chi connectivity index (χ0) is 26.6. The Morgan fingerprint density at radius 2 is 1.73 bits per heavy atom. The number of hydrogen-bond donors (Lipinski definition) is 1. The Morgan fingerprint density at radius 3 is 2.38 bits per heavy atom. The van der Waals surface area contributed by atoms with Crippen LogP contribution in [0.4, 0.5) is 11.4 Å². The molecule has 2 aromatic heterocycles. The van der Waals surface area contributed by atoms with Crippen molar-refractivity contribution in [2.45, 2.75) is 26.2 Å². The van der Waals surface area contributed by atoms with Gasteiger partial charge in [0.15, 0.2) is 8.32 Å². The molecule has 4 aromatic rings. The molecule has 0 unspecified atom stereocenters. The highest BCUT2D eigenvalue weighted by Crippen LogP contribution is 2.34. The number of aliphatic carboxylic acids is 1. The van der Waals surface area contributed by atoms with Crippen LogP contribution < -0.4 is 14.4 Å². The molecule has 0 amide bonds. The Kier molecular flexibility index (Phi) is 7.74. The summed E-state index contributed by atoms with van der Waals surface area (Å²) in [7, 11) is 1.55. The number of anilines is 2. The molecule has 0 bridgehead atoms. The molecule has 194 valence electrons.